The molecule has 0 saturated carbocycles. The van der Waals surface area contributed by atoms with Crippen LogP contribution < -0.4 is 10.7 Å². The first-order valence-electron chi connectivity index (χ1n) is 7.03. The maximum atomic E-state index is 12.6. The van der Waals surface area contributed by atoms with Crippen LogP contribution in [0.1, 0.15) is 25.7 Å². The molecule has 1 amide bonds. The number of amides is 1. The van der Waals surface area contributed by atoms with Gasteiger partial charge in [0.25, 0.3) is 5.91 Å². The van der Waals surface area contributed by atoms with Crippen LogP contribution in [-0.2, 0) is 4.79 Å². The van der Waals surface area contributed by atoms with Gasteiger partial charge in [-0.3, -0.25) is 9.79 Å². The highest BCUT2D eigenvalue weighted by Crippen LogP contribution is 2.25. The molecule has 0 radical (unpaired) electrons. The van der Waals surface area contributed by atoms with Gasteiger partial charge in [0.2, 0.25) is 0 Å². The molecule has 104 valence electrons. The standard InChI is InChI=1S/C15H18N4O/c16-14-13(12-9-5-2-6-10-17-12)15(20)19(18-14)11-7-3-1-4-8-11/h1,3-4,7-8,13H,2,5-6,9-10H2,(H2,16,18)/t13-/m1/s1. The van der Waals surface area contributed by atoms with E-state index in [1.165, 1.54) is 5.01 Å². The Morgan fingerprint density at radius 1 is 1.15 bits per heavy atom. The molecule has 0 aromatic heterocycles. The van der Waals surface area contributed by atoms with E-state index in [4.69, 9.17) is 5.73 Å². The number of hydrogen-bond acceptors (Lipinski definition) is 4. The molecular formula is C15H18N4O. The topological polar surface area (TPSA) is 71.0 Å². The molecule has 0 fully saturated rings. The number of carbonyl (C=O) groups excluding carboxylic acids is 1. The van der Waals surface area contributed by atoms with E-state index in [1.54, 1.807) is 0 Å². The lowest BCUT2D eigenvalue weighted by atomic mass is 9.97. The fourth-order valence-electron chi connectivity index (χ4n) is 2.67. The van der Waals surface area contributed by atoms with E-state index in [0.717, 1.165) is 43.6 Å². The SMILES string of the molecule is NC1=NN(c2ccccc2)C(=O)[C@@H]1C1=NCCCCC1. The zero-order chi connectivity index (χ0) is 13.9. The largest absolute Gasteiger partial charge is 0.385 e. The summed E-state index contributed by atoms with van der Waals surface area (Å²) in [5.74, 6) is -0.192. The fourth-order valence-corrected chi connectivity index (χ4v) is 2.67. The molecule has 5 nitrogen and oxygen atoms in total. The maximum Gasteiger partial charge on any atom is 0.263 e. The van der Waals surface area contributed by atoms with Gasteiger partial charge in [-0.05, 0) is 31.4 Å². The molecule has 1 atom stereocenters. The van der Waals surface area contributed by atoms with Crippen LogP contribution in [0.5, 0.6) is 0 Å². The van der Waals surface area contributed by atoms with Crippen molar-refractivity contribution in [2.75, 3.05) is 11.6 Å². The Hall–Kier alpha value is -2.17. The maximum absolute atomic E-state index is 12.6. The number of rotatable bonds is 2. The second-order valence-electron chi connectivity index (χ2n) is 5.13. The summed E-state index contributed by atoms with van der Waals surface area (Å²) in [6, 6.07) is 9.37. The number of hydrazone groups is 1. The number of carbonyl (C=O) groups is 1. The average Bonchev–Trinajstić information content (AvgIpc) is 2.67. The van der Waals surface area contributed by atoms with Gasteiger partial charge < -0.3 is 5.73 Å². The van der Waals surface area contributed by atoms with Gasteiger partial charge in [-0.15, -0.1) is 0 Å². The lowest BCUT2D eigenvalue weighted by Gasteiger charge is -2.15. The predicted molar refractivity (Wildman–Crippen MR) is 79.8 cm³/mol. The highest BCUT2D eigenvalue weighted by Gasteiger charge is 2.38. The fraction of sp³-hybridized carbons (Fsp3) is 0.400. The number of nitrogens with zero attached hydrogens (tertiary/aromatic N) is 3. The normalized spacial score (nSPS) is 23.3. The van der Waals surface area contributed by atoms with E-state index in [9.17, 15) is 4.79 Å². The lowest BCUT2D eigenvalue weighted by molar-refractivity contribution is -0.118. The average molecular weight is 270 g/mol. The van der Waals surface area contributed by atoms with Crippen molar-refractivity contribution < 1.29 is 4.79 Å². The lowest BCUT2D eigenvalue weighted by Crippen LogP contribution is -2.36. The van der Waals surface area contributed by atoms with Crippen molar-refractivity contribution in [3.8, 4) is 0 Å². The third-order valence-electron chi connectivity index (χ3n) is 3.71. The van der Waals surface area contributed by atoms with E-state index in [-0.39, 0.29) is 5.91 Å². The number of para-hydroxylation sites is 1. The van der Waals surface area contributed by atoms with Gasteiger partial charge >= 0.3 is 0 Å². The Bertz CT molecular complexity index is 564. The van der Waals surface area contributed by atoms with Crippen molar-refractivity contribution in [3.63, 3.8) is 0 Å². The van der Waals surface area contributed by atoms with E-state index in [0.29, 0.717) is 5.84 Å². The van der Waals surface area contributed by atoms with Gasteiger partial charge in [0.1, 0.15) is 11.8 Å². The summed E-state index contributed by atoms with van der Waals surface area (Å²) in [6.45, 7) is 0.789. The Labute approximate surface area is 118 Å². The number of anilines is 1. The quantitative estimate of drug-likeness (QED) is 0.892. The van der Waals surface area contributed by atoms with E-state index >= 15 is 0 Å². The van der Waals surface area contributed by atoms with Crippen molar-refractivity contribution in [2.24, 2.45) is 21.7 Å². The number of hydrogen-bond donors (Lipinski definition) is 1. The zero-order valence-corrected chi connectivity index (χ0v) is 11.3. The Morgan fingerprint density at radius 3 is 2.75 bits per heavy atom. The molecule has 0 aliphatic carbocycles. The molecular weight excluding hydrogens is 252 g/mol. The summed E-state index contributed by atoms with van der Waals surface area (Å²) in [4.78, 5) is 17.1. The van der Waals surface area contributed by atoms with Crippen molar-refractivity contribution in [2.45, 2.75) is 25.7 Å². The molecule has 2 aliphatic rings. The molecule has 3 rings (SSSR count). The van der Waals surface area contributed by atoms with Crippen LogP contribution in [0.3, 0.4) is 0 Å². The summed E-state index contributed by atoms with van der Waals surface area (Å²) in [7, 11) is 0. The highest BCUT2D eigenvalue weighted by atomic mass is 16.2. The summed E-state index contributed by atoms with van der Waals surface area (Å²) < 4.78 is 0. The predicted octanol–water partition coefficient (Wildman–Crippen LogP) is 1.94. The summed E-state index contributed by atoms with van der Waals surface area (Å²) in [5, 5.41) is 5.62. The van der Waals surface area contributed by atoms with E-state index in [1.807, 2.05) is 30.3 Å². The Morgan fingerprint density at radius 2 is 1.95 bits per heavy atom. The van der Waals surface area contributed by atoms with Crippen LogP contribution in [0, 0.1) is 5.92 Å². The van der Waals surface area contributed by atoms with Crippen molar-refractivity contribution >= 4 is 23.1 Å². The molecule has 2 heterocycles. The van der Waals surface area contributed by atoms with Crippen LogP contribution in [0.15, 0.2) is 40.4 Å². The Kier molecular flexibility index (Phi) is 3.50. The molecule has 0 bridgehead atoms. The van der Waals surface area contributed by atoms with Gasteiger partial charge in [-0.1, -0.05) is 24.6 Å². The van der Waals surface area contributed by atoms with Crippen LogP contribution in [0.4, 0.5) is 5.69 Å². The molecule has 5 heteroatoms. The van der Waals surface area contributed by atoms with Crippen LogP contribution in [0.25, 0.3) is 0 Å². The summed E-state index contributed by atoms with van der Waals surface area (Å²) in [6.07, 6.45) is 4.16. The highest BCUT2D eigenvalue weighted by molar-refractivity contribution is 6.27. The molecule has 1 aromatic carbocycles. The second-order valence-corrected chi connectivity index (χ2v) is 5.13. The third kappa shape index (κ3) is 2.31. The smallest absolute Gasteiger partial charge is 0.263 e. The zero-order valence-electron chi connectivity index (χ0n) is 11.3. The van der Waals surface area contributed by atoms with Crippen LogP contribution in [0.2, 0.25) is 0 Å². The first-order chi connectivity index (χ1) is 9.77. The van der Waals surface area contributed by atoms with Gasteiger partial charge in [0.05, 0.1) is 5.69 Å². The van der Waals surface area contributed by atoms with E-state index in [2.05, 4.69) is 10.1 Å². The molecule has 2 aliphatic heterocycles. The minimum Gasteiger partial charge on any atom is -0.385 e. The van der Waals surface area contributed by atoms with Crippen molar-refractivity contribution in [1.29, 1.82) is 0 Å². The summed E-state index contributed by atoms with van der Waals surface area (Å²) >= 11 is 0. The first kappa shape index (κ1) is 12.8. The molecule has 0 spiro atoms. The molecule has 0 saturated heterocycles. The number of nitrogens with two attached hydrogens (primary N) is 1. The molecule has 2 N–H and O–H groups in total. The van der Waals surface area contributed by atoms with Gasteiger partial charge in [-0.25, -0.2) is 0 Å². The van der Waals surface area contributed by atoms with Gasteiger partial charge in [-0.2, -0.15) is 10.1 Å². The molecule has 1 aromatic rings. The second kappa shape index (κ2) is 5.45. The molecule has 0 unspecified atom stereocenters. The number of benzene rings is 1. The van der Waals surface area contributed by atoms with Crippen LogP contribution >= 0.6 is 0 Å². The summed E-state index contributed by atoms with van der Waals surface area (Å²) in [5.41, 5.74) is 7.63. The minimum absolute atomic E-state index is 0.0886. The van der Waals surface area contributed by atoms with Gasteiger partial charge in [0.15, 0.2) is 0 Å². The van der Waals surface area contributed by atoms with Crippen molar-refractivity contribution in [3.05, 3.63) is 30.3 Å². The molecule has 20 heavy (non-hydrogen) atoms. The number of aliphatic imine (C=N–C) groups is 1. The monoisotopic (exact) mass is 270 g/mol. The van der Waals surface area contributed by atoms with Crippen LogP contribution in [-0.4, -0.2) is 24.0 Å². The van der Waals surface area contributed by atoms with Crippen molar-refractivity contribution in [1.82, 2.24) is 0 Å². The number of amidine groups is 1. The van der Waals surface area contributed by atoms with Gasteiger partial charge in [0, 0.05) is 12.3 Å². The third-order valence-corrected chi connectivity index (χ3v) is 3.71. The first-order valence-corrected chi connectivity index (χ1v) is 7.03. The Balaban J connectivity index is 1.87. The van der Waals surface area contributed by atoms with E-state index < -0.39 is 5.92 Å². The minimum atomic E-state index is -0.465.